The second-order valence-corrected chi connectivity index (χ2v) is 8.43. The molecule has 2 N–H and O–H groups in total. The number of hydrogen-bond donors (Lipinski definition) is 2. The lowest BCUT2D eigenvalue weighted by Gasteiger charge is -2.17. The van der Waals surface area contributed by atoms with E-state index in [2.05, 4.69) is 32.6 Å². The van der Waals surface area contributed by atoms with Crippen LogP contribution in [0.15, 0.2) is 54.9 Å². The molecule has 4 aromatic rings. The summed E-state index contributed by atoms with van der Waals surface area (Å²) in [4.78, 5) is 22.3. The van der Waals surface area contributed by atoms with Crippen molar-refractivity contribution in [1.29, 1.82) is 0 Å². The number of aliphatic carboxylic acids is 1. The predicted molar refractivity (Wildman–Crippen MR) is 125 cm³/mol. The van der Waals surface area contributed by atoms with Gasteiger partial charge in [-0.2, -0.15) is 15.0 Å². The monoisotopic (exact) mass is 442 g/mol. The van der Waals surface area contributed by atoms with Crippen LogP contribution >= 0.6 is 0 Å². The van der Waals surface area contributed by atoms with E-state index in [1.165, 1.54) is 10.4 Å². The average Bonchev–Trinajstić information content (AvgIpc) is 3.30. The highest BCUT2D eigenvalue weighted by molar-refractivity contribution is 5.79. The van der Waals surface area contributed by atoms with Gasteiger partial charge in [-0.3, -0.25) is 9.78 Å². The molecule has 168 valence electrons. The number of anilines is 1. The van der Waals surface area contributed by atoms with E-state index in [-0.39, 0.29) is 6.42 Å². The predicted octanol–water partition coefficient (Wildman–Crippen LogP) is 3.82. The van der Waals surface area contributed by atoms with Gasteiger partial charge in [0.1, 0.15) is 11.9 Å². The molecule has 8 nitrogen and oxygen atoms in total. The van der Waals surface area contributed by atoms with Gasteiger partial charge in [-0.1, -0.05) is 24.3 Å². The number of rotatable bonds is 8. The van der Waals surface area contributed by atoms with Crippen LogP contribution in [0.1, 0.15) is 47.8 Å². The van der Waals surface area contributed by atoms with E-state index >= 15 is 0 Å². The zero-order valence-corrected chi connectivity index (χ0v) is 18.3. The van der Waals surface area contributed by atoms with E-state index in [4.69, 9.17) is 4.98 Å². The number of carboxylic acid groups (broad SMARTS) is 1. The SMILES string of the molecule is O=C(O)CC(c1cnc2ccccc2c1)n1ncc(CCCc2ccc3c(n2)NCCC3)n1. The first kappa shape index (κ1) is 21.1. The molecule has 0 saturated heterocycles. The Hall–Kier alpha value is -3.81. The Morgan fingerprint density at radius 3 is 2.91 bits per heavy atom. The number of fused-ring (bicyclic) bond motifs is 2. The summed E-state index contributed by atoms with van der Waals surface area (Å²) in [5.41, 5.74) is 4.86. The smallest absolute Gasteiger partial charge is 0.305 e. The maximum atomic E-state index is 11.6. The van der Waals surface area contributed by atoms with Crippen molar-refractivity contribution in [2.75, 3.05) is 11.9 Å². The highest BCUT2D eigenvalue weighted by atomic mass is 16.4. The maximum Gasteiger partial charge on any atom is 0.305 e. The average molecular weight is 443 g/mol. The third-order valence-corrected chi connectivity index (χ3v) is 6.02. The van der Waals surface area contributed by atoms with Gasteiger partial charge in [0.15, 0.2) is 0 Å². The summed E-state index contributed by atoms with van der Waals surface area (Å²) in [6.45, 7) is 0.983. The number of nitrogens with zero attached hydrogens (tertiary/aromatic N) is 5. The lowest BCUT2D eigenvalue weighted by molar-refractivity contribution is -0.137. The molecule has 0 saturated carbocycles. The Morgan fingerprint density at radius 1 is 1.12 bits per heavy atom. The molecule has 1 aliphatic rings. The standard InChI is InChI=1S/C25H26N6O2/c32-24(33)14-23(19-13-18-5-1-2-9-22(18)27-15-19)31-28-16-21(30-31)8-3-7-20-11-10-17-6-4-12-26-25(17)29-20/h1-2,5,9-11,13,15-16,23H,3-4,6-8,12,14H2,(H,26,29)(H,32,33). The third-order valence-electron chi connectivity index (χ3n) is 6.02. The summed E-state index contributed by atoms with van der Waals surface area (Å²) in [6, 6.07) is 13.5. The number of pyridine rings is 2. The molecule has 4 heterocycles. The van der Waals surface area contributed by atoms with Gasteiger partial charge >= 0.3 is 5.97 Å². The first-order valence-corrected chi connectivity index (χ1v) is 11.4. The van der Waals surface area contributed by atoms with E-state index in [0.29, 0.717) is 0 Å². The van der Waals surface area contributed by atoms with Crippen molar-refractivity contribution in [3.8, 4) is 0 Å². The second kappa shape index (κ2) is 9.36. The van der Waals surface area contributed by atoms with E-state index in [1.807, 2.05) is 30.3 Å². The van der Waals surface area contributed by atoms with Crippen LogP contribution in [0.5, 0.6) is 0 Å². The fraction of sp³-hybridized carbons (Fsp3) is 0.320. The van der Waals surface area contributed by atoms with Gasteiger partial charge in [-0.25, -0.2) is 4.98 Å². The van der Waals surface area contributed by atoms with Crippen LogP contribution in [0.3, 0.4) is 0 Å². The fourth-order valence-electron chi connectivity index (χ4n) is 4.30. The molecule has 33 heavy (non-hydrogen) atoms. The van der Waals surface area contributed by atoms with E-state index in [1.54, 1.807) is 12.4 Å². The third kappa shape index (κ3) is 4.84. The Labute approximate surface area is 191 Å². The summed E-state index contributed by atoms with van der Waals surface area (Å²) in [5.74, 6) is 0.115. The number of carbonyl (C=O) groups is 1. The molecular weight excluding hydrogens is 416 g/mol. The first-order chi connectivity index (χ1) is 16.2. The van der Waals surface area contributed by atoms with Crippen molar-refractivity contribution in [2.45, 2.75) is 44.6 Å². The Bertz CT molecular complexity index is 1280. The molecule has 0 amide bonds. The van der Waals surface area contributed by atoms with E-state index in [9.17, 15) is 9.90 Å². The molecule has 1 unspecified atom stereocenters. The summed E-state index contributed by atoms with van der Waals surface area (Å²) in [7, 11) is 0. The van der Waals surface area contributed by atoms with Crippen molar-refractivity contribution in [3.05, 3.63) is 77.4 Å². The minimum Gasteiger partial charge on any atom is -0.481 e. The molecule has 0 radical (unpaired) electrons. The van der Waals surface area contributed by atoms with Crippen LogP contribution in [-0.2, 0) is 24.1 Å². The zero-order valence-electron chi connectivity index (χ0n) is 18.3. The van der Waals surface area contributed by atoms with Crippen LogP contribution in [0, 0.1) is 0 Å². The van der Waals surface area contributed by atoms with Crippen molar-refractivity contribution < 1.29 is 9.90 Å². The molecule has 0 spiro atoms. The van der Waals surface area contributed by atoms with Gasteiger partial charge in [0, 0.05) is 23.8 Å². The van der Waals surface area contributed by atoms with Crippen LogP contribution in [-0.4, -0.2) is 42.6 Å². The number of benzene rings is 1. The molecular formula is C25H26N6O2. The van der Waals surface area contributed by atoms with Gasteiger partial charge < -0.3 is 10.4 Å². The molecule has 5 rings (SSSR count). The topological polar surface area (TPSA) is 106 Å². The zero-order chi connectivity index (χ0) is 22.6. The van der Waals surface area contributed by atoms with Crippen LogP contribution < -0.4 is 5.32 Å². The lowest BCUT2D eigenvalue weighted by Crippen LogP contribution is -2.18. The van der Waals surface area contributed by atoms with Crippen molar-refractivity contribution >= 4 is 22.7 Å². The minimum absolute atomic E-state index is 0.111. The Kier molecular flexibility index (Phi) is 5.97. The van der Waals surface area contributed by atoms with Gasteiger partial charge in [0.2, 0.25) is 0 Å². The maximum absolute atomic E-state index is 11.6. The Morgan fingerprint density at radius 2 is 2.00 bits per heavy atom. The van der Waals surface area contributed by atoms with Crippen LogP contribution in [0.2, 0.25) is 0 Å². The molecule has 1 atom stereocenters. The summed E-state index contributed by atoms with van der Waals surface area (Å²) in [6.07, 6.45) is 8.08. The molecule has 8 heteroatoms. The number of nitrogens with one attached hydrogen (secondary N) is 1. The molecule has 1 aliphatic heterocycles. The molecule has 0 bridgehead atoms. The number of para-hydroxylation sites is 1. The minimum atomic E-state index is -0.904. The Balaban J connectivity index is 1.28. The number of aryl methyl sites for hydroxylation is 3. The molecule has 0 aliphatic carbocycles. The van der Waals surface area contributed by atoms with Gasteiger partial charge in [0.25, 0.3) is 0 Å². The van der Waals surface area contributed by atoms with Gasteiger partial charge in [-0.05, 0) is 61.4 Å². The summed E-state index contributed by atoms with van der Waals surface area (Å²) >= 11 is 0. The first-order valence-electron chi connectivity index (χ1n) is 11.4. The van der Waals surface area contributed by atoms with Gasteiger partial charge in [0.05, 0.1) is 23.8 Å². The molecule has 0 fully saturated rings. The van der Waals surface area contributed by atoms with Crippen LogP contribution in [0.25, 0.3) is 10.9 Å². The highest BCUT2D eigenvalue weighted by Gasteiger charge is 2.21. The molecule has 3 aromatic heterocycles. The quantitative estimate of drug-likeness (QED) is 0.427. The normalized spacial score (nSPS) is 13.9. The van der Waals surface area contributed by atoms with E-state index < -0.39 is 12.0 Å². The van der Waals surface area contributed by atoms with Crippen molar-refractivity contribution in [3.63, 3.8) is 0 Å². The number of carboxylic acids is 1. The summed E-state index contributed by atoms with van der Waals surface area (Å²) < 4.78 is 0. The fourth-order valence-corrected chi connectivity index (χ4v) is 4.30. The summed E-state index contributed by atoms with van der Waals surface area (Å²) in [5, 5.41) is 22.8. The highest BCUT2D eigenvalue weighted by Crippen LogP contribution is 2.24. The van der Waals surface area contributed by atoms with Gasteiger partial charge in [-0.15, -0.1) is 0 Å². The molecule has 1 aromatic carbocycles. The second-order valence-electron chi connectivity index (χ2n) is 8.43. The van der Waals surface area contributed by atoms with E-state index in [0.717, 1.165) is 72.3 Å². The van der Waals surface area contributed by atoms with Crippen LogP contribution in [0.4, 0.5) is 5.82 Å². The lowest BCUT2D eigenvalue weighted by atomic mass is 10.0. The number of hydrogen-bond acceptors (Lipinski definition) is 6. The van der Waals surface area contributed by atoms with Crippen molar-refractivity contribution in [2.24, 2.45) is 0 Å². The van der Waals surface area contributed by atoms with Crippen molar-refractivity contribution in [1.82, 2.24) is 25.0 Å². The largest absolute Gasteiger partial charge is 0.481 e. The number of aromatic nitrogens is 5.